The van der Waals surface area contributed by atoms with Crippen molar-refractivity contribution in [3.8, 4) is 0 Å². The third-order valence-corrected chi connectivity index (χ3v) is 7.00. The first kappa shape index (κ1) is 22.1. The van der Waals surface area contributed by atoms with Gasteiger partial charge in [-0.2, -0.15) is 0 Å². The van der Waals surface area contributed by atoms with Crippen LogP contribution in [0.4, 0.5) is 4.39 Å². The van der Waals surface area contributed by atoms with E-state index in [1.54, 1.807) is 24.0 Å². The van der Waals surface area contributed by atoms with Gasteiger partial charge in [0.25, 0.3) is 11.5 Å². The second-order valence-electron chi connectivity index (χ2n) is 8.31. The Labute approximate surface area is 188 Å². The number of nitrogens with one attached hydrogen (secondary N) is 1. The third kappa shape index (κ3) is 4.57. The highest BCUT2D eigenvalue weighted by Crippen LogP contribution is 2.27. The topological polar surface area (TPSA) is 84.3 Å². The van der Waals surface area contributed by atoms with Crippen molar-refractivity contribution in [2.45, 2.75) is 39.8 Å². The molecular weight excluding hydrogens is 431 g/mol. The summed E-state index contributed by atoms with van der Waals surface area (Å²) in [7, 11) is 0. The van der Waals surface area contributed by atoms with Crippen molar-refractivity contribution < 1.29 is 14.0 Å². The monoisotopic (exact) mass is 456 g/mol. The predicted molar refractivity (Wildman–Crippen MR) is 121 cm³/mol. The summed E-state index contributed by atoms with van der Waals surface area (Å²) in [4.78, 5) is 45.5. The number of fused-ring (bicyclic) bond motifs is 1. The molecular formula is C23H25FN4O3S. The molecule has 1 N–H and O–H groups in total. The van der Waals surface area contributed by atoms with Gasteiger partial charge >= 0.3 is 0 Å². The number of likely N-dealkylation sites (tertiary alicyclic amines) is 1. The smallest absolute Gasteiger partial charge is 0.262 e. The molecule has 0 bridgehead atoms. The van der Waals surface area contributed by atoms with Gasteiger partial charge < -0.3 is 10.2 Å². The van der Waals surface area contributed by atoms with E-state index in [2.05, 4.69) is 17.2 Å². The average molecular weight is 457 g/mol. The summed E-state index contributed by atoms with van der Waals surface area (Å²) in [5.74, 6) is -0.291. The van der Waals surface area contributed by atoms with Crippen LogP contribution < -0.4 is 10.9 Å². The Bertz CT molecular complexity index is 1220. The summed E-state index contributed by atoms with van der Waals surface area (Å²) < 4.78 is 14.4. The van der Waals surface area contributed by atoms with E-state index in [0.29, 0.717) is 39.7 Å². The second-order valence-corrected chi connectivity index (χ2v) is 9.31. The van der Waals surface area contributed by atoms with Gasteiger partial charge in [0.2, 0.25) is 5.91 Å². The number of amides is 2. The molecule has 32 heavy (non-hydrogen) atoms. The molecule has 168 valence electrons. The maximum Gasteiger partial charge on any atom is 0.262 e. The minimum atomic E-state index is -0.337. The number of aromatic nitrogens is 2. The summed E-state index contributed by atoms with van der Waals surface area (Å²) in [5.41, 5.74) is 0.997. The van der Waals surface area contributed by atoms with E-state index in [1.807, 2.05) is 0 Å². The van der Waals surface area contributed by atoms with Gasteiger partial charge in [0, 0.05) is 19.6 Å². The number of rotatable bonds is 5. The fourth-order valence-corrected chi connectivity index (χ4v) is 5.07. The number of hydrogen-bond acceptors (Lipinski definition) is 5. The van der Waals surface area contributed by atoms with Crippen LogP contribution in [-0.4, -0.2) is 39.4 Å². The summed E-state index contributed by atoms with van der Waals surface area (Å²) in [6.07, 6.45) is 3.46. The zero-order valence-corrected chi connectivity index (χ0v) is 18.9. The van der Waals surface area contributed by atoms with Crippen LogP contribution in [0.3, 0.4) is 0 Å². The fourth-order valence-electron chi connectivity index (χ4n) is 4.01. The standard InChI is InChI=1S/C23H25FN4O3S/c1-14-4-3-9-27(11-14)18(29)12-28-13-26-22-19(23(28)31)15(2)20(32-22)21(30)25-10-16-5-7-17(24)8-6-16/h5-8,13-14H,3-4,9-12H2,1-2H3,(H,25,30)/t14-/m1/s1. The molecule has 9 heteroatoms. The van der Waals surface area contributed by atoms with Gasteiger partial charge in [-0.3, -0.25) is 19.0 Å². The number of piperidine rings is 1. The summed E-state index contributed by atoms with van der Waals surface area (Å²) in [6.45, 7) is 5.44. The highest BCUT2D eigenvalue weighted by atomic mass is 32.1. The van der Waals surface area contributed by atoms with Gasteiger partial charge in [0.15, 0.2) is 0 Å². The molecule has 4 rings (SSSR count). The van der Waals surface area contributed by atoms with Gasteiger partial charge in [-0.15, -0.1) is 11.3 Å². The van der Waals surface area contributed by atoms with Gasteiger partial charge in [-0.25, -0.2) is 9.37 Å². The van der Waals surface area contributed by atoms with E-state index >= 15 is 0 Å². The zero-order valence-electron chi connectivity index (χ0n) is 18.1. The number of nitrogens with zero attached hydrogens (tertiary/aromatic N) is 3. The second kappa shape index (κ2) is 9.20. The van der Waals surface area contributed by atoms with E-state index < -0.39 is 0 Å². The van der Waals surface area contributed by atoms with Gasteiger partial charge in [0.05, 0.1) is 16.6 Å². The first-order valence-electron chi connectivity index (χ1n) is 10.6. The van der Waals surface area contributed by atoms with Gasteiger partial charge in [-0.05, 0) is 48.9 Å². The zero-order chi connectivity index (χ0) is 22.8. The molecule has 3 heterocycles. The number of halogens is 1. The molecule has 0 aliphatic carbocycles. The summed E-state index contributed by atoms with van der Waals surface area (Å²) >= 11 is 1.15. The van der Waals surface area contributed by atoms with E-state index in [-0.39, 0.29) is 36.3 Å². The van der Waals surface area contributed by atoms with Gasteiger partial charge in [-0.1, -0.05) is 19.1 Å². The van der Waals surface area contributed by atoms with Crippen molar-refractivity contribution >= 4 is 33.4 Å². The highest BCUT2D eigenvalue weighted by Gasteiger charge is 2.23. The van der Waals surface area contributed by atoms with Crippen molar-refractivity contribution in [1.82, 2.24) is 19.8 Å². The van der Waals surface area contributed by atoms with Crippen molar-refractivity contribution in [1.29, 1.82) is 0 Å². The van der Waals surface area contributed by atoms with E-state index in [0.717, 1.165) is 29.7 Å². The predicted octanol–water partition coefficient (Wildman–Crippen LogP) is 3.09. The number of carbonyl (C=O) groups excluding carboxylic acids is 2. The molecule has 0 radical (unpaired) electrons. The highest BCUT2D eigenvalue weighted by molar-refractivity contribution is 7.20. The molecule has 0 unspecified atom stereocenters. The fraction of sp³-hybridized carbons (Fsp3) is 0.391. The number of aryl methyl sites for hydroxylation is 1. The van der Waals surface area contributed by atoms with Crippen LogP contribution in [0.15, 0.2) is 35.4 Å². The van der Waals surface area contributed by atoms with E-state index in [4.69, 9.17) is 0 Å². The average Bonchev–Trinajstić information content (AvgIpc) is 3.12. The van der Waals surface area contributed by atoms with Crippen LogP contribution in [0, 0.1) is 18.7 Å². The number of carbonyl (C=O) groups is 2. The molecule has 1 aliphatic heterocycles. The van der Waals surface area contributed by atoms with Gasteiger partial charge in [0.1, 0.15) is 17.2 Å². The van der Waals surface area contributed by atoms with Crippen LogP contribution in [0.25, 0.3) is 10.2 Å². The number of hydrogen-bond donors (Lipinski definition) is 1. The van der Waals surface area contributed by atoms with Crippen LogP contribution in [0.5, 0.6) is 0 Å². The first-order valence-corrected chi connectivity index (χ1v) is 11.4. The lowest BCUT2D eigenvalue weighted by atomic mass is 10.0. The minimum Gasteiger partial charge on any atom is -0.347 e. The lowest BCUT2D eigenvalue weighted by molar-refractivity contribution is -0.133. The van der Waals surface area contributed by atoms with Crippen molar-refractivity contribution in [3.05, 3.63) is 62.8 Å². The SMILES string of the molecule is Cc1c(C(=O)NCc2ccc(F)cc2)sc2ncn(CC(=O)N3CCC[C@@H](C)C3)c(=O)c12. The van der Waals surface area contributed by atoms with Crippen molar-refractivity contribution in [2.75, 3.05) is 13.1 Å². The van der Waals surface area contributed by atoms with Crippen LogP contribution in [-0.2, 0) is 17.9 Å². The number of thiophene rings is 1. The van der Waals surface area contributed by atoms with Crippen LogP contribution in [0.1, 0.15) is 40.6 Å². The Balaban J connectivity index is 1.52. The first-order chi connectivity index (χ1) is 15.3. The largest absolute Gasteiger partial charge is 0.347 e. The van der Waals surface area contributed by atoms with Crippen LogP contribution in [0.2, 0.25) is 0 Å². The normalized spacial score (nSPS) is 16.3. The lowest BCUT2D eigenvalue weighted by Crippen LogP contribution is -2.42. The van der Waals surface area contributed by atoms with E-state index in [1.165, 1.54) is 23.0 Å². The Morgan fingerprint density at radius 3 is 2.75 bits per heavy atom. The molecule has 1 aliphatic rings. The maximum absolute atomic E-state index is 13.1. The summed E-state index contributed by atoms with van der Waals surface area (Å²) in [5, 5.41) is 3.17. The van der Waals surface area contributed by atoms with Crippen molar-refractivity contribution in [3.63, 3.8) is 0 Å². The third-order valence-electron chi connectivity index (χ3n) is 5.81. The number of benzene rings is 1. The Morgan fingerprint density at radius 2 is 2.03 bits per heavy atom. The summed E-state index contributed by atoms with van der Waals surface area (Å²) in [6, 6.07) is 5.89. The molecule has 7 nitrogen and oxygen atoms in total. The maximum atomic E-state index is 13.1. The Hall–Kier alpha value is -3.07. The quantitative estimate of drug-likeness (QED) is 0.640. The molecule has 2 aromatic heterocycles. The molecule has 3 aromatic rings. The molecule has 1 fully saturated rings. The molecule has 1 aromatic carbocycles. The van der Waals surface area contributed by atoms with Crippen LogP contribution >= 0.6 is 11.3 Å². The Morgan fingerprint density at radius 1 is 1.28 bits per heavy atom. The molecule has 1 saturated heterocycles. The lowest BCUT2D eigenvalue weighted by Gasteiger charge is -2.31. The molecule has 2 amide bonds. The molecule has 1 atom stereocenters. The molecule has 0 saturated carbocycles. The van der Waals surface area contributed by atoms with E-state index in [9.17, 15) is 18.8 Å². The minimum absolute atomic E-state index is 0.0596. The molecule has 0 spiro atoms. The Kier molecular flexibility index (Phi) is 6.36. The van der Waals surface area contributed by atoms with Crippen molar-refractivity contribution in [2.24, 2.45) is 5.92 Å².